The lowest BCUT2D eigenvalue weighted by Gasteiger charge is -2.15. The number of carbonyl (C=O) groups is 1. The van der Waals surface area contributed by atoms with Crippen molar-refractivity contribution in [2.24, 2.45) is 0 Å². The second kappa shape index (κ2) is 4.95. The van der Waals surface area contributed by atoms with E-state index in [0.717, 1.165) is 0 Å². The van der Waals surface area contributed by atoms with Crippen LogP contribution in [-0.4, -0.2) is 22.3 Å². The van der Waals surface area contributed by atoms with E-state index in [4.69, 9.17) is 4.74 Å². The van der Waals surface area contributed by atoms with Gasteiger partial charge in [0.1, 0.15) is 18.0 Å². The molecule has 17 heavy (non-hydrogen) atoms. The molecule has 2 rings (SSSR count). The van der Waals surface area contributed by atoms with E-state index in [1.54, 1.807) is 24.3 Å². The molecule has 1 aromatic carbocycles. The lowest BCUT2D eigenvalue weighted by Crippen LogP contribution is -2.16. The normalized spacial score (nSPS) is 20.4. The topological polar surface area (TPSA) is 66.8 Å². The monoisotopic (exact) mass is 232 g/mol. The lowest BCUT2D eigenvalue weighted by molar-refractivity contribution is -0.132. The molecule has 1 aliphatic rings. The van der Waals surface area contributed by atoms with E-state index >= 15 is 0 Å². The van der Waals surface area contributed by atoms with Crippen LogP contribution < -0.4 is 0 Å². The third-order valence-corrected chi connectivity index (χ3v) is 2.40. The van der Waals surface area contributed by atoms with Crippen LogP contribution in [0.15, 0.2) is 54.3 Å². The van der Waals surface area contributed by atoms with Crippen molar-refractivity contribution < 1.29 is 19.7 Å². The molecule has 0 radical (unpaired) electrons. The van der Waals surface area contributed by atoms with E-state index in [-0.39, 0.29) is 5.76 Å². The van der Waals surface area contributed by atoms with Gasteiger partial charge in [0.2, 0.25) is 0 Å². The molecule has 1 aromatic rings. The second-order valence-electron chi connectivity index (χ2n) is 3.67. The van der Waals surface area contributed by atoms with Crippen molar-refractivity contribution in [3.63, 3.8) is 0 Å². The number of hydrogen-bond acceptors (Lipinski definition) is 4. The minimum absolute atomic E-state index is 0.248. The fraction of sp³-hybridized carbons (Fsp3) is 0.154. The van der Waals surface area contributed by atoms with Gasteiger partial charge in [-0.05, 0) is 17.7 Å². The van der Waals surface area contributed by atoms with Gasteiger partial charge in [-0.15, -0.1) is 0 Å². The first kappa shape index (κ1) is 11.6. The number of ether oxygens (including phenoxy) is 1. The van der Waals surface area contributed by atoms with Crippen LogP contribution in [0.2, 0.25) is 0 Å². The Labute approximate surface area is 98.5 Å². The molecule has 0 saturated carbocycles. The zero-order valence-electron chi connectivity index (χ0n) is 8.98. The third kappa shape index (κ3) is 2.81. The zero-order chi connectivity index (χ0) is 12.3. The minimum Gasteiger partial charge on any atom is -0.424 e. The van der Waals surface area contributed by atoms with E-state index in [1.807, 2.05) is 6.07 Å². The number of aliphatic hydroxyl groups is 2. The van der Waals surface area contributed by atoms with Crippen LogP contribution in [0.25, 0.3) is 0 Å². The largest absolute Gasteiger partial charge is 0.424 e. The molecule has 4 nitrogen and oxygen atoms in total. The van der Waals surface area contributed by atoms with Gasteiger partial charge in [0.25, 0.3) is 0 Å². The van der Waals surface area contributed by atoms with E-state index in [2.05, 4.69) is 0 Å². The average Bonchev–Trinajstić information content (AvgIpc) is 2.75. The highest BCUT2D eigenvalue weighted by molar-refractivity contribution is 5.86. The van der Waals surface area contributed by atoms with Crippen LogP contribution in [-0.2, 0) is 9.53 Å². The summed E-state index contributed by atoms with van der Waals surface area (Å²) in [5, 5.41) is 19.6. The van der Waals surface area contributed by atoms with Crippen molar-refractivity contribution in [3.8, 4) is 0 Å². The number of cyclic esters (lactones) is 1. The van der Waals surface area contributed by atoms with Crippen molar-refractivity contribution in [2.75, 3.05) is 0 Å². The second-order valence-corrected chi connectivity index (χ2v) is 3.67. The molecule has 1 aliphatic heterocycles. The number of hydrogen-bond donors (Lipinski definition) is 2. The quantitative estimate of drug-likeness (QED) is 0.765. The average molecular weight is 232 g/mol. The number of carbonyl (C=O) groups excluding carboxylic acids is 1. The number of allylic oxidation sites excluding steroid dienone is 1. The number of rotatable bonds is 3. The van der Waals surface area contributed by atoms with Crippen molar-refractivity contribution in [1.82, 2.24) is 0 Å². The van der Waals surface area contributed by atoms with Gasteiger partial charge in [-0.2, -0.15) is 0 Å². The number of aliphatic hydroxyl groups excluding tert-OH is 2. The summed E-state index contributed by atoms with van der Waals surface area (Å²) in [4.78, 5) is 10.8. The van der Waals surface area contributed by atoms with Gasteiger partial charge in [-0.1, -0.05) is 30.3 Å². The predicted molar refractivity (Wildman–Crippen MR) is 60.7 cm³/mol. The van der Waals surface area contributed by atoms with Crippen molar-refractivity contribution >= 4 is 5.97 Å². The van der Waals surface area contributed by atoms with Gasteiger partial charge in [-0.3, -0.25) is 0 Å². The molecule has 1 heterocycles. The van der Waals surface area contributed by atoms with Crippen molar-refractivity contribution in [2.45, 2.75) is 12.2 Å². The maximum Gasteiger partial charge on any atom is 0.336 e. The van der Waals surface area contributed by atoms with Crippen molar-refractivity contribution in [3.05, 3.63) is 59.9 Å². The first-order valence-electron chi connectivity index (χ1n) is 5.19. The summed E-state index contributed by atoms with van der Waals surface area (Å²) in [6, 6.07) is 8.79. The van der Waals surface area contributed by atoms with Crippen LogP contribution in [0, 0.1) is 0 Å². The minimum atomic E-state index is -1.12. The molecule has 0 fully saturated rings. The molecule has 4 heteroatoms. The molecular formula is C13H12O4. The van der Waals surface area contributed by atoms with E-state index in [9.17, 15) is 15.0 Å². The predicted octanol–water partition coefficient (Wildman–Crippen LogP) is 1.08. The van der Waals surface area contributed by atoms with Gasteiger partial charge in [0.15, 0.2) is 0 Å². The first-order valence-corrected chi connectivity index (χ1v) is 5.19. The first-order chi connectivity index (χ1) is 8.16. The Balaban J connectivity index is 2.08. The maximum absolute atomic E-state index is 10.8. The Kier molecular flexibility index (Phi) is 3.37. The molecule has 0 unspecified atom stereocenters. The molecule has 88 valence electrons. The molecule has 0 aromatic heterocycles. The zero-order valence-corrected chi connectivity index (χ0v) is 8.98. The summed E-state index contributed by atoms with van der Waals surface area (Å²) in [7, 11) is 0. The molecule has 0 saturated heterocycles. The standard InChI is InChI=1S/C13H12O4/c14-11(8-10-6-7-12(15)17-10)13(16)9-4-2-1-3-5-9/h1-8,11,13-14,16H/b10-8+/t11-,13+/m0/s1. The Morgan fingerprint density at radius 3 is 2.41 bits per heavy atom. The lowest BCUT2D eigenvalue weighted by atomic mass is 10.0. The van der Waals surface area contributed by atoms with Gasteiger partial charge in [0, 0.05) is 6.08 Å². The molecule has 2 N–H and O–H groups in total. The van der Waals surface area contributed by atoms with E-state index < -0.39 is 18.2 Å². The van der Waals surface area contributed by atoms with Crippen LogP contribution in [0.1, 0.15) is 11.7 Å². The Bertz CT molecular complexity index is 462. The van der Waals surface area contributed by atoms with Crippen LogP contribution in [0.4, 0.5) is 0 Å². The molecule has 0 bridgehead atoms. The number of esters is 1. The maximum atomic E-state index is 10.8. The molecular weight excluding hydrogens is 220 g/mol. The van der Waals surface area contributed by atoms with Gasteiger partial charge in [0.05, 0.1) is 0 Å². The van der Waals surface area contributed by atoms with E-state index in [0.29, 0.717) is 5.56 Å². The highest BCUT2D eigenvalue weighted by Crippen LogP contribution is 2.20. The van der Waals surface area contributed by atoms with Gasteiger partial charge < -0.3 is 14.9 Å². The SMILES string of the molecule is O=C1C=C/C(=C\[C@H](O)[C@H](O)c2ccccc2)O1. The van der Waals surface area contributed by atoms with Crippen molar-refractivity contribution in [1.29, 1.82) is 0 Å². The summed E-state index contributed by atoms with van der Waals surface area (Å²) in [5.41, 5.74) is 0.602. The summed E-state index contributed by atoms with van der Waals surface area (Å²) in [6.07, 6.45) is 1.84. The van der Waals surface area contributed by atoms with Crippen LogP contribution >= 0.6 is 0 Å². The number of benzene rings is 1. The molecule has 0 amide bonds. The Hall–Kier alpha value is -1.91. The summed E-state index contributed by atoms with van der Waals surface area (Å²) in [5.74, 6) is -0.227. The summed E-state index contributed by atoms with van der Waals surface area (Å²) in [6.45, 7) is 0. The van der Waals surface area contributed by atoms with Gasteiger partial charge >= 0.3 is 5.97 Å². The fourth-order valence-electron chi connectivity index (χ4n) is 1.53. The van der Waals surface area contributed by atoms with E-state index in [1.165, 1.54) is 18.2 Å². The summed E-state index contributed by atoms with van der Waals surface area (Å²) < 4.78 is 4.76. The fourth-order valence-corrected chi connectivity index (χ4v) is 1.53. The summed E-state index contributed by atoms with van der Waals surface area (Å²) >= 11 is 0. The third-order valence-electron chi connectivity index (χ3n) is 2.40. The van der Waals surface area contributed by atoms with Crippen LogP contribution in [0.3, 0.4) is 0 Å². The Morgan fingerprint density at radius 1 is 1.12 bits per heavy atom. The highest BCUT2D eigenvalue weighted by atomic mass is 16.5. The molecule has 0 spiro atoms. The molecule has 2 atom stereocenters. The van der Waals surface area contributed by atoms with Gasteiger partial charge in [-0.25, -0.2) is 4.79 Å². The Morgan fingerprint density at radius 2 is 1.82 bits per heavy atom. The van der Waals surface area contributed by atoms with Crippen LogP contribution in [0.5, 0.6) is 0 Å². The molecule has 0 aliphatic carbocycles. The smallest absolute Gasteiger partial charge is 0.336 e. The highest BCUT2D eigenvalue weighted by Gasteiger charge is 2.18.